The van der Waals surface area contributed by atoms with E-state index in [1.807, 2.05) is 13.8 Å². The van der Waals surface area contributed by atoms with E-state index < -0.39 is 24.2 Å². The number of hydrogen-bond donors (Lipinski definition) is 0. The van der Waals surface area contributed by atoms with Crippen molar-refractivity contribution in [1.82, 2.24) is 0 Å². The van der Waals surface area contributed by atoms with Crippen molar-refractivity contribution in [2.24, 2.45) is 0 Å². The minimum atomic E-state index is -3.99. The molecular weight excluding hydrogens is 571 g/mol. The zero-order chi connectivity index (χ0) is 24.8. The lowest BCUT2D eigenvalue weighted by atomic mass is 9.81. The van der Waals surface area contributed by atoms with E-state index in [2.05, 4.69) is 56.5 Å². The molecule has 0 bridgehead atoms. The number of aryl methyl sites for hydroxylation is 1. The van der Waals surface area contributed by atoms with E-state index in [4.69, 9.17) is 18.1 Å². The van der Waals surface area contributed by atoms with Crippen LogP contribution in [-0.4, -0.2) is 30.5 Å². The lowest BCUT2D eigenvalue weighted by molar-refractivity contribution is -0.213. The average molecular weight is 605 g/mol. The van der Waals surface area contributed by atoms with Crippen LogP contribution in [0.2, 0.25) is 18.1 Å². The fourth-order valence-electron chi connectivity index (χ4n) is 3.61. The van der Waals surface area contributed by atoms with Crippen LogP contribution in [0.25, 0.3) is 0 Å². The van der Waals surface area contributed by atoms with Crippen LogP contribution < -0.4 is 8.92 Å². The molecule has 1 atom stereocenters. The highest BCUT2D eigenvalue weighted by Gasteiger charge is 2.54. The molecule has 33 heavy (non-hydrogen) atoms. The molecule has 0 amide bonds. The Balaban J connectivity index is 2.04. The fraction of sp³-hybridized carbons (Fsp3) is 0.500. The Morgan fingerprint density at radius 1 is 1.15 bits per heavy atom. The smallest absolute Gasteiger partial charge is 0.339 e. The number of methoxy groups -OCH3 is 1. The van der Waals surface area contributed by atoms with E-state index in [0.29, 0.717) is 22.3 Å². The molecule has 2 aromatic carbocycles. The average Bonchev–Trinajstić information content (AvgIpc) is 2.68. The van der Waals surface area contributed by atoms with Gasteiger partial charge in [-0.15, -0.1) is 0 Å². The first-order valence-electron chi connectivity index (χ1n) is 10.9. The van der Waals surface area contributed by atoms with E-state index in [9.17, 15) is 8.42 Å². The molecule has 182 valence electrons. The lowest BCUT2D eigenvalue weighted by Crippen LogP contribution is -2.54. The molecule has 0 N–H and O–H groups in total. The number of fused-ring (bicyclic) bond motifs is 1. The molecule has 3 rings (SSSR count). The Labute approximate surface area is 212 Å². The minimum absolute atomic E-state index is 0.00157. The largest absolute Gasteiger partial charge is 0.495 e. The second-order valence-electron chi connectivity index (χ2n) is 9.83. The van der Waals surface area contributed by atoms with Gasteiger partial charge in [-0.2, -0.15) is 8.42 Å². The summed E-state index contributed by atoms with van der Waals surface area (Å²) in [5, 5.41) is -0.00157. The Morgan fingerprint density at radius 3 is 2.27 bits per heavy atom. The van der Waals surface area contributed by atoms with Crippen molar-refractivity contribution in [1.29, 1.82) is 0 Å². The predicted octanol–water partition coefficient (Wildman–Crippen LogP) is 6.14. The molecule has 0 saturated carbocycles. The van der Waals surface area contributed by atoms with Gasteiger partial charge >= 0.3 is 10.1 Å². The summed E-state index contributed by atoms with van der Waals surface area (Å²) in [4.78, 5) is 0.107. The van der Waals surface area contributed by atoms with Gasteiger partial charge in [0.05, 0.1) is 16.2 Å². The predicted molar refractivity (Wildman–Crippen MR) is 140 cm³/mol. The van der Waals surface area contributed by atoms with Crippen LogP contribution in [0.3, 0.4) is 0 Å². The summed E-state index contributed by atoms with van der Waals surface area (Å²) < 4.78 is 50.7. The summed E-state index contributed by atoms with van der Waals surface area (Å²) in [6, 6.07) is 8.34. The molecule has 6 nitrogen and oxygen atoms in total. The number of halogens is 1. The van der Waals surface area contributed by atoms with Crippen LogP contribution >= 0.6 is 22.6 Å². The Kier molecular flexibility index (Phi) is 7.33. The zero-order valence-corrected chi connectivity index (χ0v) is 24.5. The molecule has 0 fully saturated rings. The number of rotatable bonds is 8. The summed E-state index contributed by atoms with van der Waals surface area (Å²) in [6.45, 7) is 15.3. The minimum Gasteiger partial charge on any atom is -0.495 e. The molecule has 2 aromatic rings. The van der Waals surface area contributed by atoms with Crippen molar-refractivity contribution in [2.75, 3.05) is 13.7 Å². The normalized spacial score (nSPS) is 18.5. The van der Waals surface area contributed by atoms with Gasteiger partial charge < -0.3 is 18.1 Å². The van der Waals surface area contributed by atoms with Crippen molar-refractivity contribution in [3.63, 3.8) is 0 Å². The maximum atomic E-state index is 12.9. The van der Waals surface area contributed by atoms with Crippen LogP contribution in [0.1, 0.15) is 44.4 Å². The number of hydrogen-bond acceptors (Lipinski definition) is 6. The molecular formula is C24H33IO6SSi. The number of ether oxygens (including phenoxy) is 2. The Morgan fingerprint density at radius 2 is 1.76 bits per heavy atom. The first-order valence-corrected chi connectivity index (χ1v) is 16.3. The van der Waals surface area contributed by atoms with Crippen molar-refractivity contribution in [3.05, 3.63) is 50.6 Å². The Bertz CT molecular complexity index is 1140. The molecule has 0 aromatic heterocycles. The van der Waals surface area contributed by atoms with E-state index in [1.165, 1.54) is 0 Å². The van der Waals surface area contributed by atoms with Gasteiger partial charge in [-0.1, -0.05) is 38.5 Å². The Hall–Kier alpha value is -1.14. The van der Waals surface area contributed by atoms with Gasteiger partial charge in [-0.3, -0.25) is 0 Å². The molecule has 0 heterocycles. The first kappa shape index (κ1) is 26.5. The van der Waals surface area contributed by atoms with Crippen molar-refractivity contribution in [3.8, 4) is 11.5 Å². The second kappa shape index (κ2) is 9.14. The van der Waals surface area contributed by atoms with E-state index >= 15 is 0 Å². The number of benzene rings is 2. The SMILES string of the molecule is CCOC1(O[Si](C)(C)C(C)(C)C)Cc2cc(OS(=O)(=O)c3ccc(C)cc3)c(I)c(OC)c21. The molecule has 0 spiro atoms. The maximum Gasteiger partial charge on any atom is 0.339 e. The first-order chi connectivity index (χ1) is 15.2. The van der Waals surface area contributed by atoms with Gasteiger partial charge in [-0.05, 0) is 78.3 Å². The van der Waals surface area contributed by atoms with Gasteiger partial charge in [0, 0.05) is 13.0 Å². The maximum absolute atomic E-state index is 12.9. The third-order valence-electron chi connectivity index (χ3n) is 6.39. The topological polar surface area (TPSA) is 71.1 Å². The van der Waals surface area contributed by atoms with Crippen LogP contribution in [0.15, 0.2) is 35.2 Å². The fourth-order valence-corrected chi connectivity index (χ4v) is 6.81. The molecule has 9 heteroatoms. The van der Waals surface area contributed by atoms with E-state index in [-0.39, 0.29) is 15.7 Å². The van der Waals surface area contributed by atoms with E-state index in [1.54, 1.807) is 37.4 Å². The monoisotopic (exact) mass is 604 g/mol. The van der Waals surface area contributed by atoms with Gasteiger partial charge in [0.25, 0.3) is 0 Å². The third kappa shape index (κ3) is 4.98. The summed E-state index contributed by atoms with van der Waals surface area (Å²) in [5.74, 6) is -0.142. The summed E-state index contributed by atoms with van der Waals surface area (Å²) in [6.07, 6.45) is 0.497. The van der Waals surface area contributed by atoms with Crippen LogP contribution in [0.5, 0.6) is 11.5 Å². The van der Waals surface area contributed by atoms with Crippen LogP contribution in [0, 0.1) is 10.5 Å². The second-order valence-corrected chi connectivity index (χ2v) is 17.2. The van der Waals surface area contributed by atoms with Gasteiger partial charge in [0.15, 0.2) is 19.9 Å². The lowest BCUT2D eigenvalue weighted by Gasteiger charge is -2.50. The molecule has 1 aliphatic rings. The quantitative estimate of drug-likeness (QED) is 0.156. The van der Waals surface area contributed by atoms with Crippen molar-refractivity contribution < 1.29 is 26.5 Å². The molecule has 1 aliphatic carbocycles. The highest BCUT2D eigenvalue weighted by atomic mass is 127. The van der Waals surface area contributed by atoms with Crippen molar-refractivity contribution in [2.45, 2.75) is 69.9 Å². The summed E-state index contributed by atoms with van der Waals surface area (Å²) >= 11 is 2.07. The third-order valence-corrected chi connectivity index (χ3v) is 13.1. The molecule has 0 aliphatic heterocycles. The van der Waals surface area contributed by atoms with Gasteiger partial charge in [-0.25, -0.2) is 0 Å². The van der Waals surface area contributed by atoms with Crippen LogP contribution in [0.4, 0.5) is 0 Å². The zero-order valence-electron chi connectivity index (χ0n) is 20.5. The van der Waals surface area contributed by atoms with Gasteiger partial charge in [0.1, 0.15) is 10.6 Å². The highest BCUT2D eigenvalue weighted by Crippen LogP contribution is 2.55. The van der Waals surface area contributed by atoms with E-state index in [0.717, 1.165) is 16.7 Å². The van der Waals surface area contributed by atoms with Crippen molar-refractivity contribution >= 4 is 41.0 Å². The molecule has 1 unspecified atom stereocenters. The molecule has 0 saturated heterocycles. The van der Waals surface area contributed by atoms with Crippen LogP contribution in [-0.2, 0) is 31.5 Å². The summed E-state index contributed by atoms with van der Waals surface area (Å²) in [7, 11) is -4.60. The molecule has 0 radical (unpaired) electrons. The highest BCUT2D eigenvalue weighted by molar-refractivity contribution is 14.1. The summed E-state index contributed by atoms with van der Waals surface area (Å²) in [5.41, 5.74) is 2.69. The van der Waals surface area contributed by atoms with Gasteiger partial charge in [0.2, 0.25) is 0 Å². The standard InChI is InChI=1S/C24H33IO6SSi/c1-9-29-24(31-33(7,8)23(3,4)5)15-17-14-19(21(25)22(28-6)20(17)24)30-32(26,27)18-12-10-16(2)11-13-18/h10-14H,9,15H2,1-8H3.